The van der Waals surface area contributed by atoms with Gasteiger partial charge in [0.2, 0.25) is 10.0 Å². The molecule has 2 N–H and O–H groups in total. The maximum atomic E-state index is 12.7. The van der Waals surface area contributed by atoms with Crippen molar-refractivity contribution in [3.63, 3.8) is 0 Å². The lowest BCUT2D eigenvalue weighted by molar-refractivity contribution is -0.384. The number of hydrazine groups is 1. The Bertz CT molecular complexity index is 987. The Morgan fingerprint density at radius 2 is 1.79 bits per heavy atom. The molecule has 28 heavy (non-hydrogen) atoms. The first-order valence-electron chi connectivity index (χ1n) is 8.62. The van der Waals surface area contributed by atoms with Crippen molar-refractivity contribution in [1.82, 2.24) is 9.73 Å². The molecular formula is C18H22N4O5S. The van der Waals surface area contributed by atoms with Gasteiger partial charge in [0.15, 0.2) is 0 Å². The van der Waals surface area contributed by atoms with Crippen molar-refractivity contribution in [2.24, 2.45) is 0 Å². The molecule has 0 aromatic heterocycles. The quantitative estimate of drug-likeness (QED) is 0.513. The van der Waals surface area contributed by atoms with Crippen LogP contribution in [0.1, 0.15) is 29.8 Å². The summed E-state index contributed by atoms with van der Waals surface area (Å²) in [6, 6.07) is 10.2. The van der Waals surface area contributed by atoms with Crippen molar-refractivity contribution in [2.75, 3.05) is 18.5 Å². The van der Waals surface area contributed by atoms with Crippen LogP contribution in [-0.2, 0) is 10.0 Å². The van der Waals surface area contributed by atoms with Gasteiger partial charge >= 0.3 is 0 Å². The summed E-state index contributed by atoms with van der Waals surface area (Å²) in [6.45, 7) is 5.77. The molecule has 2 aromatic carbocycles. The maximum absolute atomic E-state index is 12.7. The fourth-order valence-corrected chi connectivity index (χ4v) is 4.13. The Morgan fingerprint density at radius 3 is 2.39 bits per heavy atom. The van der Waals surface area contributed by atoms with Gasteiger partial charge in [-0.1, -0.05) is 32.0 Å². The normalized spacial score (nSPS) is 11.3. The molecule has 0 radical (unpaired) electrons. The molecule has 0 fully saturated rings. The van der Waals surface area contributed by atoms with Gasteiger partial charge in [-0.25, -0.2) is 8.42 Å². The van der Waals surface area contributed by atoms with Gasteiger partial charge < -0.3 is 0 Å². The van der Waals surface area contributed by atoms with Crippen molar-refractivity contribution >= 4 is 27.3 Å². The predicted molar refractivity (Wildman–Crippen MR) is 105 cm³/mol. The number of carbonyl (C=O) groups is 1. The van der Waals surface area contributed by atoms with Gasteiger partial charge in [-0.2, -0.15) is 4.31 Å². The monoisotopic (exact) mass is 406 g/mol. The van der Waals surface area contributed by atoms with E-state index in [0.717, 1.165) is 0 Å². The molecule has 2 rings (SSSR count). The summed E-state index contributed by atoms with van der Waals surface area (Å²) >= 11 is 0. The van der Waals surface area contributed by atoms with E-state index in [9.17, 15) is 23.3 Å². The smallest absolute Gasteiger partial charge is 0.292 e. The molecule has 0 atom stereocenters. The lowest BCUT2D eigenvalue weighted by Gasteiger charge is -2.19. The second kappa shape index (κ2) is 8.81. The average Bonchev–Trinajstić information content (AvgIpc) is 2.67. The highest BCUT2D eigenvalue weighted by molar-refractivity contribution is 7.89. The Morgan fingerprint density at radius 1 is 1.14 bits per heavy atom. The third kappa shape index (κ3) is 4.46. The van der Waals surface area contributed by atoms with Crippen LogP contribution in [0.25, 0.3) is 0 Å². The molecule has 0 saturated carbocycles. The molecule has 9 nitrogen and oxygen atoms in total. The highest BCUT2D eigenvalue weighted by atomic mass is 32.2. The molecule has 1 amide bonds. The van der Waals surface area contributed by atoms with E-state index in [0.29, 0.717) is 18.7 Å². The predicted octanol–water partition coefficient (Wildman–Crippen LogP) is 2.69. The first-order chi connectivity index (χ1) is 13.2. The lowest BCUT2D eigenvalue weighted by Crippen LogP contribution is -2.32. The van der Waals surface area contributed by atoms with Crippen molar-refractivity contribution in [3.05, 3.63) is 63.7 Å². The third-order valence-electron chi connectivity index (χ3n) is 4.21. The number of rotatable bonds is 8. The zero-order chi connectivity index (χ0) is 20.9. The Labute approximate surface area is 163 Å². The van der Waals surface area contributed by atoms with Gasteiger partial charge in [0, 0.05) is 24.7 Å². The van der Waals surface area contributed by atoms with Crippen molar-refractivity contribution in [1.29, 1.82) is 0 Å². The summed E-state index contributed by atoms with van der Waals surface area (Å²) in [5.74, 6) is -0.604. The summed E-state index contributed by atoms with van der Waals surface area (Å²) in [5.41, 5.74) is 5.55. The van der Waals surface area contributed by atoms with Gasteiger partial charge in [-0.15, -0.1) is 0 Å². The van der Waals surface area contributed by atoms with Gasteiger partial charge in [0.1, 0.15) is 5.69 Å². The van der Waals surface area contributed by atoms with Crippen molar-refractivity contribution in [2.45, 2.75) is 25.7 Å². The van der Waals surface area contributed by atoms with Crippen LogP contribution in [0.15, 0.2) is 47.4 Å². The number of amides is 1. The van der Waals surface area contributed by atoms with E-state index in [1.807, 2.05) is 0 Å². The number of aryl methyl sites for hydroxylation is 1. The van der Waals surface area contributed by atoms with Crippen molar-refractivity contribution < 1.29 is 18.1 Å². The fourth-order valence-electron chi connectivity index (χ4n) is 2.65. The number of anilines is 1. The van der Waals surface area contributed by atoms with Crippen molar-refractivity contribution in [3.8, 4) is 0 Å². The standard InChI is InChI=1S/C18H22N4O5S/c1-4-21(5-2)28(26,27)14-11-10-13(3)15(12-14)18(23)20-19-16-8-6-7-9-17(16)22(24)25/h6-12,19H,4-5H2,1-3H3,(H,20,23). The van der Waals surface area contributed by atoms with E-state index in [1.165, 1.54) is 34.6 Å². The fraction of sp³-hybridized carbons (Fsp3) is 0.278. The highest BCUT2D eigenvalue weighted by Crippen LogP contribution is 2.23. The van der Waals surface area contributed by atoms with E-state index >= 15 is 0 Å². The van der Waals surface area contributed by atoms with Crippen LogP contribution in [0.4, 0.5) is 11.4 Å². The van der Waals surface area contributed by atoms with Crippen LogP contribution >= 0.6 is 0 Å². The number of para-hydroxylation sites is 2. The minimum absolute atomic E-state index is 0.0117. The van der Waals surface area contributed by atoms with Crippen LogP contribution in [-0.4, -0.2) is 36.6 Å². The summed E-state index contributed by atoms with van der Waals surface area (Å²) in [4.78, 5) is 23.0. The minimum Gasteiger partial charge on any atom is -0.292 e. The molecule has 0 spiro atoms. The Balaban J connectivity index is 2.28. The van der Waals surface area contributed by atoms with Gasteiger partial charge in [0.05, 0.1) is 9.82 Å². The first-order valence-corrected chi connectivity index (χ1v) is 10.1. The Hall–Kier alpha value is -2.98. The number of nitrogens with one attached hydrogen (secondary N) is 2. The van der Waals surface area contributed by atoms with Gasteiger partial charge in [-0.05, 0) is 30.7 Å². The largest absolute Gasteiger partial charge is 0.294 e. The van der Waals surface area contributed by atoms with Gasteiger partial charge in [-0.3, -0.25) is 25.8 Å². The summed E-state index contributed by atoms with van der Waals surface area (Å²) in [5, 5.41) is 11.0. The Kier molecular flexibility index (Phi) is 6.71. The molecule has 2 aromatic rings. The topological polar surface area (TPSA) is 122 Å². The van der Waals surface area contributed by atoms with Crippen LogP contribution in [0.2, 0.25) is 0 Å². The average molecular weight is 406 g/mol. The minimum atomic E-state index is -3.72. The van der Waals surface area contributed by atoms with Crippen LogP contribution in [0.3, 0.4) is 0 Å². The third-order valence-corrected chi connectivity index (χ3v) is 6.25. The maximum Gasteiger partial charge on any atom is 0.294 e. The SMILES string of the molecule is CCN(CC)S(=O)(=O)c1ccc(C)c(C(=O)NNc2ccccc2[N+](=O)[O-])c1. The number of sulfonamides is 1. The number of hydrogen-bond donors (Lipinski definition) is 2. The van der Waals surface area contributed by atoms with Gasteiger partial charge in [0.25, 0.3) is 11.6 Å². The van der Waals surface area contributed by atoms with E-state index in [1.54, 1.807) is 32.9 Å². The molecule has 10 heteroatoms. The highest BCUT2D eigenvalue weighted by Gasteiger charge is 2.23. The van der Waals surface area contributed by atoms with E-state index in [2.05, 4.69) is 10.9 Å². The van der Waals surface area contributed by atoms with E-state index in [4.69, 9.17) is 0 Å². The number of nitrogens with zero attached hydrogens (tertiary/aromatic N) is 2. The van der Waals surface area contributed by atoms with Crippen LogP contribution in [0.5, 0.6) is 0 Å². The number of nitro benzene ring substituents is 1. The first kappa shape index (κ1) is 21.3. The number of hydrogen-bond acceptors (Lipinski definition) is 6. The number of carbonyl (C=O) groups excluding carboxylic acids is 1. The summed E-state index contributed by atoms with van der Waals surface area (Å²) in [7, 11) is -3.72. The molecule has 0 aliphatic rings. The molecular weight excluding hydrogens is 384 g/mol. The number of nitro groups is 1. The summed E-state index contributed by atoms with van der Waals surface area (Å²) in [6.07, 6.45) is 0. The molecule has 0 bridgehead atoms. The zero-order valence-electron chi connectivity index (χ0n) is 15.8. The van der Waals surface area contributed by atoms with Crippen LogP contribution in [0, 0.1) is 17.0 Å². The second-order valence-electron chi connectivity index (χ2n) is 5.92. The molecule has 0 aliphatic carbocycles. The molecule has 0 unspecified atom stereocenters. The molecule has 150 valence electrons. The second-order valence-corrected chi connectivity index (χ2v) is 7.86. The summed E-state index contributed by atoms with van der Waals surface area (Å²) < 4.78 is 26.7. The van der Waals surface area contributed by atoms with Crippen LogP contribution < -0.4 is 10.9 Å². The van der Waals surface area contributed by atoms with E-state index in [-0.39, 0.29) is 21.8 Å². The molecule has 0 saturated heterocycles. The molecule has 0 heterocycles. The number of benzene rings is 2. The molecule has 0 aliphatic heterocycles. The lowest BCUT2D eigenvalue weighted by atomic mass is 10.1. The van der Waals surface area contributed by atoms with E-state index < -0.39 is 20.9 Å². The zero-order valence-corrected chi connectivity index (χ0v) is 16.6.